The molecule has 3 rings (SSSR count). The van der Waals surface area contributed by atoms with Crippen LogP contribution in [-0.2, 0) is 0 Å². The Morgan fingerprint density at radius 3 is 2.52 bits per heavy atom. The maximum absolute atomic E-state index is 11.2. The minimum Gasteiger partial charge on any atom is -0.476 e. The molecule has 0 aliphatic heterocycles. The lowest BCUT2D eigenvalue weighted by molar-refractivity contribution is 0.0690. The summed E-state index contributed by atoms with van der Waals surface area (Å²) >= 11 is 6.19. The van der Waals surface area contributed by atoms with E-state index in [1.165, 1.54) is 10.7 Å². The molecule has 0 bridgehead atoms. The van der Waals surface area contributed by atoms with Crippen molar-refractivity contribution < 1.29 is 9.90 Å². The average molecular weight is 300 g/mol. The highest BCUT2D eigenvalue weighted by atomic mass is 35.5. The Hall–Kier alpha value is -2.66. The molecule has 0 unspecified atom stereocenters. The number of hydrogen-bond donors (Lipinski definition) is 1. The van der Waals surface area contributed by atoms with Gasteiger partial charge in [0.1, 0.15) is 0 Å². The number of hydrogen-bond acceptors (Lipinski definition) is 3. The first-order valence-electron chi connectivity index (χ1n) is 6.15. The highest BCUT2D eigenvalue weighted by Crippen LogP contribution is 2.27. The number of carbonyl (C=O) groups is 1. The van der Waals surface area contributed by atoms with Gasteiger partial charge in [-0.05, 0) is 30.3 Å². The van der Waals surface area contributed by atoms with Crippen molar-refractivity contribution >= 4 is 17.6 Å². The van der Waals surface area contributed by atoms with E-state index in [1.807, 2.05) is 6.07 Å². The van der Waals surface area contributed by atoms with Gasteiger partial charge in [-0.2, -0.15) is 5.10 Å². The van der Waals surface area contributed by atoms with E-state index >= 15 is 0 Å². The summed E-state index contributed by atoms with van der Waals surface area (Å²) in [6.07, 6.45) is 3.28. The molecule has 0 aliphatic rings. The molecule has 0 atom stereocenters. The van der Waals surface area contributed by atoms with Crippen LogP contribution in [0.3, 0.4) is 0 Å². The highest BCUT2D eigenvalue weighted by Gasteiger charge is 2.17. The van der Waals surface area contributed by atoms with Gasteiger partial charge in [-0.15, -0.1) is 0 Å². The smallest absolute Gasteiger partial charge is 0.356 e. The standard InChI is InChI=1S/C15H10ClN3O2/c16-11-3-1-2-4-13(11)19-14(9-12(18-19)15(20)21)10-5-7-17-8-6-10/h1-9H,(H,20,21). The highest BCUT2D eigenvalue weighted by molar-refractivity contribution is 6.32. The molecule has 1 N–H and O–H groups in total. The summed E-state index contributed by atoms with van der Waals surface area (Å²) < 4.78 is 1.53. The van der Waals surface area contributed by atoms with Crippen LogP contribution in [0.2, 0.25) is 5.02 Å². The van der Waals surface area contributed by atoms with Crippen molar-refractivity contribution in [3.8, 4) is 16.9 Å². The summed E-state index contributed by atoms with van der Waals surface area (Å²) in [6, 6.07) is 12.2. The van der Waals surface area contributed by atoms with Crippen LogP contribution in [-0.4, -0.2) is 25.8 Å². The summed E-state index contributed by atoms with van der Waals surface area (Å²) in [4.78, 5) is 15.2. The zero-order chi connectivity index (χ0) is 14.8. The zero-order valence-corrected chi connectivity index (χ0v) is 11.5. The Morgan fingerprint density at radius 1 is 1.14 bits per heavy atom. The van der Waals surface area contributed by atoms with Crippen LogP contribution >= 0.6 is 11.6 Å². The second-order valence-corrected chi connectivity index (χ2v) is 4.73. The van der Waals surface area contributed by atoms with Gasteiger partial charge < -0.3 is 5.11 Å². The number of carboxylic acids is 1. The fraction of sp³-hybridized carbons (Fsp3) is 0. The van der Waals surface area contributed by atoms with Gasteiger partial charge >= 0.3 is 5.97 Å². The molecule has 5 nitrogen and oxygen atoms in total. The van der Waals surface area contributed by atoms with Crippen LogP contribution in [0.25, 0.3) is 16.9 Å². The van der Waals surface area contributed by atoms with E-state index in [0.29, 0.717) is 16.4 Å². The van der Waals surface area contributed by atoms with E-state index in [4.69, 9.17) is 16.7 Å². The molecule has 6 heteroatoms. The van der Waals surface area contributed by atoms with Crippen molar-refractivity contribution in [2.45, 2.75) is 0 Å². The zero-order valence-electron chi connectivity index (χ0n) is 10.8. The lowest BCUT2D eigenvalue weighted by atomic mass is 10.2. The number of benzene rings is 1. The molecule has 0 amide bonds. The predicted molar refractivity (Wildman–Crippen MR) is 78.8 cm³/mol. The molecule has 0 spiro atoms. The summed E-state index contributed by atoms with van der Waals surface area (Å²) in [5.74, 6) is -1.09. The molecule has 104 valence electrons. The summed E-state index contributed by atoms with van der Waals surface area (Å²) in [6.45, 7) is 0. The maximum atomic E-state index is 11.2. The molecule has 3 aromatic rings. The third-order valence-corrected chi connectivity index (χ3v) is 3.30. The number of halogens is 1. The van der Waals surface area contributed by atoms with E-state index in [9.17, 15) is 4.79 Å². The SMILES string of the molecule is O=C(O)c1cc(-c2ccncc2)n(-c2ccccc2Cl)n1. The quantitative estimate of drug-likeness (QED) is 0.806. The van der Waals surface area contributed by atoms with E-state index in [-0.39, 0.29) is 5.69 Å². The normalized spacial score (nSPS) is 10.5. The van der Waals surface area contributed by atoms with Gasteiger partial charge in [0.2, 0.25) is 0 Å². The number of aromatic nitrogens is 3. The minimum atomic E-state index is -1.09. The molecule has 0 radical (unpaired) electrons. The third kappa shape index (κ3) is 2.51. The second-order valence-electron chi connectivity index (χ2n) is 4.32. The molecule has 2 heterocycles. The van der Waals surface area contributed by atoms with Gasteiger partial charge in [-0.25, -0.2) is 9.48 Å². The van der Waals surface area contributed by atoms with Crippen LogP contribution in [0.1, 0.15) is 10.5 Å². The molecule has 2 aromatic heterocycles. The Bertz CT molecular complexity index is 800. The molecular weight excluding hydrogens is 290 g/mol. The predicted octanol–water partition coefficient (Wildman–Crippen LogP) is 3.29. The van der Waals surface area contributed by atoms with Gasteiger partial charge in [0.25, 0.3) is 0 Å². The second kappa shape index (κ2) is 5.38. The van der Waals surface area contributed by atoms with Crippen molar-refractivity contribution in [3.05, 3.63) is 65.6 Å². The number of aromatic carboxylic acids is 1. The lowest BCUT2D eigenvalue weighted by Gasteiger charge is -2.08. The Morgan fingerprint density at radius 2 is 1.86 bits per heavy atom. The number of nitrogens with zero attached hydrogens (tertiary/aromatic N) is 3. The Labute approximate surface area is 125 Å². The van der Waals surface area contributed by atoms with E-state index in [0.717, 1.165) is 5.56 Å². The molecule has 0 saturated carbocycles. The number of rotatable bonds is 3. The molecular formula is C15H10ClN3O2. The number of carboxylic acid groups (broad SMARTS) is 1. The summed E-state index contributed by atoms with van der Waals surface area (Å²) in [5.41, 5.74) is 2.04. The number of pyridine rings is 1. The fourth-order valence-corrected chi connectivity index (χ4v) is 2.24. The van der Waals surface area contributed by atoms with E-state index < -0.39 is 5.97 Å². The van der Waals surface area contributed by atoms with Crippen LogP contribution in [0.15, 0.2) is 54.9 Å². The lowest BCUT2D eigenvalue weighted by Crippen LogP contribution is -2.02. The topological polar surface area (TPSA) is 68.0 Å². The van der Waals surface area contributed by atoms with Gasteiger partial charge in [0.15, 0.2) is 5.69 Å². The largest absolute Gasteiger partial charge is 0.476 e. The first-order chi connectivity index (χ1) is 10.2. The Kier molecular flexibility index (Phi) is 3.41. The van der Waals surface area contributed by atoms with Crippen LogP contribution in [0.5, 0.6) is 0 Å². The molecule has 0 fully saturated rings. The molecule has 0 aliphatic carbocycles. The van der Waals surface area contributed by atoms with Crippen molar-refractivity contribution in [1.82, 2.24) is 14.8 Å². The molecule has 0 saturated heterocycles. The van der Waals surface area contributed by atoms with Gasteiger partial charge in [-0.1, -0.05) is 23.7 Å². The van der Waals surface area contributed by atoms with Crippen molar-refractivity contribution in [2.75, 3.05) is 0 Å². The monoisotopic (exact) mass is 299 g/mol. The van der Waals surface area contributed by atoms with E-state index in [1.54, 1.807) is 42.7 Å². The van der Waals surface area contributed by atoms with Crippen LogP contribution < -0.4 is 0 Å². The van der Waals surface area contributed by atoms with Crippen LogP contribution in [0.4, 0.5) is 0 Å². The van der Waals surface area contributed by atoms with Crippen molar-refractivity contribution in [1.29, 1.82) is 0 Å². The fourth-order valence-electron chi connectivity index (χ4n) is 2.02. The maximum Gasteiger partial charge on any atom is 0.356 e. The van der Waals surface area contributed by atoms with Gasteiger partial charge in [0.05, 0.1) is 16.4 Å². The Balaban J connectivity index is 2.24. The molecule has 1 aromatic carbocycles. The molecule has 21 heavy (non-hydrogen) atoms. The minimum absolute atomic E-state index is 0.0401. The van der Waals surface area contributed by atoms with Gasteiger partial charge in [0, 0.05) is 18.0 Å². The number of para-hydroxylation sites is 1. The van der Waals surface area contributed by atoms with Gasteiger partial charge in [-0.3, -0.25) is 4.98 Å². The third-order valence-electron chi connectivity index (χ3n) is 2.99. The first-order valence-corrected chi connectivity index (χ1v) is 6.53. The van der Waals surface area contributed by atoms with Crippen molar-refractivity contribution in [2.24, 2.45) is 0 Å². The van der Waals surface area contributed by atoms with Crippen LogP contribution in [0, 0.1) is 0 Å². The van der Waals surface area contributed by atoms with Crippen molar-refractivity contribution in [3.63, 3.8) is 0 Å². The first kappa shape index (κ1) is 13.3. The summed E-state index contributed by atoms with van der Waals surface area (Å²) in [7, 11) is 0. The summed E-state index contributed by atoms with van der Waals surface area (Å²) in [5, 5.41) is 13.8. The average Bonchev–Trinajstić information content (AvgIpc) is 2.94. The van der Waals surface area contributed by atoms with E-state index in [2.05, 4.69) is 10.1 Å².